The topological polar surface area (TPSA) is 78.8 Å². The van der Waals surface area contributed by atoms with Crippen LogP contribution >= 0.6 is 0 Å². The standard InChI is InChI=1S/C20H19N3O3S/c1-3-13-23(14-4-2)20(24)15-9-11-16(12-10-15)21-19-17-7-5-6-8-18(17)27(25,26)22-19/h3-12H,1-2,13-14H2,(H,21,22). The molecular formula is C20H19N3O3S. The molecule has 1 heterocycles. The largest absolute Gasteiger partial charge is 0.339 e. The Hall–Kier alpha value is -3.19. The van der Waals surface area contributed by atoms with Gasteiger partial charge in [0.25, 0.3) is 15.9 Å². The minimum Gasteiger partial charge on any atom is -0.339 e. The lowest BCUT2D eigenvalue weighted by Gasteiger charge is -2.19. The molecule has 2 aromatic rings. The van der Waals surface area contributed by atoms with E-state index in [4.69, 9.17) is 0 Å². The Kier molecular flexibility index (Phi) is 5.23. The highest BCUT2D eigenvalue weighted by molar-refractivity contribution is 7.90. The minimum absolute atomic E-state index is 0.132. The molecule has 6 nitrogen and oxygen atoms in total. The zero-order valence-corrected chi connectivity index (χ0v) is 15.4. The average Bonchev–Trinajstić information content (AvgIpc) is 2.92. The van der Waals surface area contributed by atoms with E-state index in [-0.39, 0.29) is 16.6 Å². The number of amides is 1. The molecule has 0 spiro atoms. The summed E-state index contributed by atoms with van der Waals surface area (Å²) in [6, 6.07) is 13.4. The van der Waals surface area contributed by atoms with Gasteiger partial charge in [0.2, 0.25) is 0 Å². The molecule has 0 atom stereocenters. The third-order valence-corrected chi connectivity index (χ3v) is 5.35. The van der Waals surface area contributed by atoms with E-state index in [0.717, 1.165) is 0 Å². The number of benzene rings is 2. The summed E-state index contributed by atoms with van der Waals surface area (Å²) in [5, 5.41) is 3.01. The van der Waals surface area contributed by atoms with E-state index in [1.807, 2.05) is 0 Å². The Morgan fingerprint density at radius 2 is 1.67 bits per heavy atom. The second-order valence-corrected chi connectivity index (χ2v) is 7.47. The van der Waals surface area contributed by atoms with E-state index in [0.29, 0.717) is 29.9 Å². The van der Waals surface area contributed by atoms with Gasteiger partial charge in [0, 0.05) is 29.9 Å². The Morgan fingerprint density at radius 3 is 2.30 bits per heavy atom. The van der Waals surface area contributed by atoms with Crippen LogP contribution in [0, 0.1) is 0 Å². The number of sulfonamides is 1. The van der Waals surface area contributed by atoms with Crippen molar-refractivity contribution in [2.45, 2.75) is 4.90 Å². The highest BCUT2D eigenvalue weighted by Gasteiger charge is 2.28. The van der Waals surface area contributed by atoms with Gasteiger partial charge in [-0.2, -0.15) is 8.42 Å². The molecule has 0 bridgehead atoms. The van der Waals surface area contributed by atoms with Crippen molar-refractivity contribution < 1.29 is 13.2 Å². The number of hydrogen-bond donors (Lipinski definition) is 1. The van der Waals surface area contributed by atoms with Crippen molar-refractivity contribution >= 4 is 27.5 Å². The van der Waals surface area contributed by atoms with Gasteiger partial charge < -0.3 is 10.2 Å². The number of carbonyl (C=O) groups excluding carboxylic acids is 1. The normalized spacial score (nSPS) is 14.0. The van der Waals surface area contributed by atoms with Gasteiger partial charge in [0.05, 0.1) is 0 Å². The Bertz CT molecular complexity index is 1010. The predicted octanol–water partition coefficient (Wildman–Crippen LogP) is 3.06. The molecule has 0 saturated heterocycles. The molecule has 0 aliphatic carbocycles. The SMILES string of the molecule is C=CCN(CC=C)C(=O)c1ccc(NC2=NS(=O)(=O)c3ccccc32)cc1. The first-order valence-electron chi connectivity index (χ1n) is 8.29. The molecule has 0 fully saturated rings. The van der Waals surface area contributed by atoms with Gasteiger partial charge in [-0.05, 0) is 36.4 Å². The molecular weight excluding hydrogens is 362 g/mol. The minimum atomic E-state index is -3.67. The molecule has 1 aliphatic heterocycles. The summed E-state index contributed by atoms with van der Waals surface area (Å²) in [6.45, 7) is 8.17. The lowest BCUT2D eigenvalue weighted by Crippen LogP contribution is -2.31. The van der Waals surface area contributed by atoms with Crippen molar-refractivity contribution in [2.75, 3.05) is 18.4 Å². The van der Waals surface area contributed by atoms with Gasteiger partial charge in [-0.3, -0.25) is 4.79 Å². The van der Waals surface area contributed by atoms with Gasteiger partial charge in [0.1, 0.15) is 4.90 Å². The number of nitrogens with one attached hydrogen (secondary N) is 1. The van der Waals surface area contributed by atoms with E-state index in [1.54, 1.807) is 59.5 Å². The molecule has 7 heteroatoms. The first-order chi connectivity index (χ1) is 13.0. The summed E-state index contributed by atoms with van der Waals surface area (Å²) in [4.78, 5) is 14.3. The van der Waals surface area contributed by atoms with Gasteiger partial charge in [-0.1, -0.05) is 24.3 Å². The first-order valence-corrected chi connectivity index (χ1v) is 9.73. The van der Waals surface area contributed by atoms with Crippen molar-refractivity contribution in [1.29, 1.82) is 0 Å². The van der Waals surface area contributed by atoms with Crippen LogP contribution < -0.4 is 5.32 Å². The Labute approximate surface area is 158 Å². The maximum absolute atomic E-state index is 12.5. The van der Waals surface area contributed by atoms with Crippen molar-refractivity contribution in [1.82, 2.24) is 4.90 Å². The van der Waals surface area contributed by atoms with Gasteiger partial charge in [0.15, 0.2) is 5.84 Å². The summed E-state index contributed by atoms with van der Waals surface area (Å²) >= 11 is 0. The van der Waals surface area contributed by atoms with Crippen molar-refractivity contribution in [3.8, 4) is 0 Å². The molecule has 0 unspecified atom stereocenters. The van der Waals surface area contributed by atoms with E-state index in [9.17, 15) is 13.2 Å². The number of anilines is 1. The van der Waals surface area contributed by atoms with Crippen LogP contribution in [-0.2, 0) is 10.0 Å². The maximum Gasteiger partial charge on any atom is 0.285 e. The maximum atomic E-state index is 12.5. The zero-order valence-electron chi connectivity index (χ0n) is 14.6. The third kappa shape index (κ3) is 3.83. The number of hydrogen-bond acceptors (Lipinski definition) is 4. The summed E-state index contributed by atoms with van der Waals surface area (Å²) in [5.41, 5.74) is 1.68. The van der Waals surface area contributed by atoms with E-state index in [2.05, 4.69) is 22.9 Å². The molecule has 0 radical (unpaired) electrons. The van der Waals surface area contributed by atoms with Crippen LogP contribution in [0.5, 0.6) is 0 Å². The van der Waals surface area contributed by atoms with Crippen LogP contribution in [0.1, 0.15) is 15.9 Å². The average molecular weight is 381 g/mol. The lowest BCUT2D eigenvalue weighted by atomic mass is 10.1. The van der Waals surface area contributed by atoms with Gasteiger partial charge in [-0.15, -0.1) is 17.6 Å². The molecule has 1 amide bonds. The lowest BCUT2D eigenvalue weighted by molar-refractivity contribution is 0.0791. The number of nitrogens with zero attached hydrogens (tertiary/aromatic N) is 2. The van der Waals surface area contributed by atoms with Gasteiger partial charge >= 0.3 is 0 Å². The number of amidine groups is 1. The summed E-state index contributed by atoms with van der Waals surface area (Å²) in [5.74, 6) is 0.136. The van der Waals surface area contributed by atoms with Crippen LogP contribution in [0.25, 0.3) is 0 Å². The number of carbonyl (C=O) groups is 1. The highest BCUT2D eigenvalue weighted by Crippen LogP contribution is 2.26. The summed E-state index contributed by atoms with van der Waals surface area (Å²) < 4.78 is 28.0. The number of rotatable bonds is 6. The van der Waals surface area contributed by atoms with Crippen LogP contribution in [0.3, 0.4) is 0 Å². The fraction of sp³-hybridized carbons (Fsp3) is 0.100. The fourth-order valence-electron chi connectivity index (χ4n) is 2.76. The second-order valence-electron chi connectivity index (χ2n) is 5.90. The number of fused-ring (bicyclic) bond motifs is 1. The highest BCUT2D eigenvalue weighted by atomic mass is 32.2. The summed E-state index contributed by atoms with van der Waals surface area (Å²) in [7, 11) is -3.67. The molecule has 1 aliphatic rings. The second kappa shape index (κ2) is 7.59. The Balaban J connectivity index is 1.80. The third-order valence-electron chi connectivity index (χ3n) is 4.01. The molecule has 0 saturated carbocycles. The molecule has 3 rings (SSSR count). The summed E-state index contributed by atoms with van der Waals surface area (Å²) in [6.07, 6.45) is 3.32. The molecule has 2 aromatic carbocycles. The monoisotopic (exact) mass is 381 g/mol. The fourth-order valence-corrected chi connectivity index (χ4v) is 3.94. The van der Waals surface area contributed by atoms with Crippen molar-refractivity contribution in [3.63, 3.8) is 0 Å². The Morgan fingerprint density at radius 1 is 1.04 bits per heavy atom. The van der Waals surface area contributed by atoms with Gasteiger partial charge in [-0.25, -0.2) is 0 Å². The quantitative estimate of drug-likeness (QED) is 0.780. The first kappa shape index (κ1) is 18.6. The van der Waals surface area contributed by atoms with Crippen LogP contribution in [0.2, 0.25) is 0 Å². The van der Waals surface area contributed by atoms with Crippen molar-refractivity contribution in [2.24, 2.45) is 4.40 Å². The molecule has 27 heavy (non-hydrogen) atoms. The molecule has 1 N–H and O–H groups in total. The van der Waals surface area contributed by atoms with Crippen LogP contribution in [0.4, 0.5) is 5.69 Å². The molecule has 138 valence electrons. The van der Waals surface area contributed by atoms with E-state index >= 15 is 0 Å². The smallest absolute Gasteiger partial charge is 0.285 e. The van der Waals surface area contributed by atoms with Crippen LogP contribution in [0.15, 0.2) is 83.1 Å². The van der Waals surface area contributed by atoms with Crippen LogP contribution in [-0.4, -0.2) is 38.2 Å². The van der Waals surface area contributed by atoms with Crippen molar-refractivity contribution in [3.05, 3.63) is 85.0 Å². The molecule has 0 aromatic heterocycles. The van der Waals surface area contributed by atoms with E-state index in [1.165, 1.54) is 6.07 Å². The van der Waals surface area contributed by atoms with E-state index < -0.39 is 10.0 Å². The zero-order chi connectivity index (χ0) is 19.4. The predicted molar refractivity (Wildman–Crippen MR) is 107 cm³/mol.